The van der Waals surface area contributed by atoms with Crippen LogP contribution in [-0.4, -0.2) is 18.6 Å². The molecule has 0 bridgehead atoms. The van der Waals surface area contributed by atoms with Gasteiger partial charge in [0.05, 0.1) is 6.61 Å². The van der Waals surface area contributed by atoms with Gasteiger partial charge in [0.25, 0.3) is 0 Å². The van der Waals surface area contributed by atoms with Gasteiger partial charge in [-0.15, -0.1) is 0 Å². The molecule has 1 aliphatic rings. The summed E-state index contributed by atoms with van der Waals surface area (Å²) >= 11 is 0. The zero-order chi connectivity index (χ0) is 14.6. The van der Waals surface area contributed by atoms with Crippen molar-refractivity contribution in [1.29, 1.82) is 0 Å². The summed E-state index contributed by atoms with van der Waals surface area (Å²) in [6.45, 7) is 6.36. The van der Waals surface area contributed by atoms with Crippen molar-refractivity contribution in [2.75, 3.05) is 6.61 Å². The number of esters is 1. The molecule has 110 valence electrons. The van der Waals surface area contributed by atoms with Gasteiger partial charge in [-0.25, -0.2) is 4.79 Å². The largest absolute Gasteiger partial charge is 0.464 e. The summed E-state index contributed by atoms with van der Waals surface area (Å²) in [6, 6.07) is 8.78. The zero-order valence-electron chi connectivity index (χ0n) is 12.7. The topological polar surface area (TPSA) is 38.3 Å². The molecule has 0 heterocycles. The predicted molar refractivity (Wildman–Crippen MR) is 80.6 cm³/mol. The smallest absolute Gasteiger partial charge is 0.330 e. The van der Waals surface area contributed by atoms with Crippen LogP contribution in [0.3, 0.4) is 0 Å². The number of hydrogen-bond acceptors (Lipinski definition) is 3. The number of carbonyl (C=O) groups is 1. The molecule has 0 aromatic heterocycles. The van der Waals surface area contributed by atoms with Crippen LogP contribution in [0.15, 0.2) is 24.3 Å². The first-order chi connectivity index (χ1) is 9.60. The van der Waals surface area contributed by atoms with Crippen LogP contribution in [0.25, 0.3) is 0 Å². The van der Waals surface area contributed by atoms with Crippen LogP contribution in [0.1, 0.15) is 51.2 Å². The van der Waals surface area contributed by atoms with Crippen LogP contribution in [0, 0.1) is 0 Å². The number of carbonyl (C=O) groups excluding carboxylic acids is 1. The number of hydrogen-bond donors (Lipinski definition) is 1. The highest BCUT2D eigenvalue weighted by Gasteiger charge is 2.41. The Morgan fingerprint density at radius 3 is 2.45 bits per heavy atom. The van der Waals surface area contributed by atoms with Gasteiger partial charge in [0.2, 0.25) is 0 Å². The maximum Gasteiger partial charge on any atom is 0.330 e. The summed E-state index contributed by atoms with van der Waals surface area (Å²) in [5.74, 6) is -0.185. The molecule has 0 saturated heterocycles. The Balaban J connectivity index is 2.22. The molecule has 1 aromatic carbocycles. The van der Waals surface area contributed by atoms with Crippen molar-refractivity contribution < 1.29 is 9.53 Å². The standard InChI is InChI=1S/C17H25NO2/c1-4-6-13-7-9-14(10-8-13)17(3,16(19)20-5-2)18-15-11-12-15/h7-10,15,18H,4-6,11-12H2,1-3H3. The molecule has 1 saturated carbocycles. The molecule has 1 atom stereocenters. The average Bonchev–Trinajstić information content (AvgIpc) is 3.24. The van der Waals surface area contributed by atoms with Crippen molar-refractivity contribution in [2.45, 2.75) is 58.0 Å². The molecule has 1 N–H and O–H groups in total. The lowest BCUT2D eigenvalue weighted by molar-refractivity contribution is -0.151. The summed E-state index contributed by atoms with van der Waals surface area (Å²) < 4.78 is 5.27. The van der Waals surface area contributed by atoms with Gasteiger partial charge in [0.15, 0.2) is 0 Å². The second-order valence-corrected chi connectivity index (χ2v) is 5.71. The van der Waals surface area contributed by atoms with Crippen molar-refractivity contribution in [3.63, 3.8) is 0 Å². The number of benzene rings is 1. The molecule has 3 heteroatoms. The number of aryl methyl sites for hydroxylation is 1. The Morgan fingerprint density at radius 1 is 1.30 bits per heavy atom. The van der Waals surface area contributed by atoms with Crippen LogP contribution < -0.4 is 5.32 Å². The number of ether oxygens (including phenoxy) is 1. The fourth-order valence-electron chi connectivity index (χ4n) is 2.46. The molecule has 1 unspecified atom stereocenters. The van der Waals surface area contributed by atoms with Crippen LogP contribution in [0.5, 0.6) is 0 Å². The maximum atomic E-state index is 12.4. The molecular weight excluding hydrogens is 250 g/mol. The van der Waals surface area contributed by atoms with E-state index >= 15 is 0 Å². The molecule has 2 rings (SSSR count). The quantitative estimate of drug-likeness (QED) is 0.777. The molecule has 0 radical (unpaired) electrons. The second kappa shape index (κ2) is 6.40. The van der Waals surface area contributed by atoms with E-state index in [1.54, 1.807) is 0 Å². The number of nitrogens with one attached hydrogen (secondary N) is 1. The maximum absolute atomic E-state index is 12.4. The Hall–Kier alpha value is -1.35. The highest BCUT2D eigenvalue weighted by Crippen LogP contribution is 2.30. The fourth-order valence-corrected chi connectivity index (χ4v) is 2.46. The van der Waals surface area contributed by atoms with Gasteiger partial charge in [-0.1, -0.05) is 37.6 Å². The van der Waals surface area contributed by atoms with Gasteiger partial charge in [0, 0.05) is 6.04 Å². The van der Waals surface area contributed by atoms with Crippen LogP contribution in [0.4, 0.5) is 0 Å². The lowest BCUT2D eigenvalue weighted by Crippen LogP contribution is -2.48. The first-order valence-corrected chi connectivity index (χ1v) is 7.64. The van der Waals surface area contributed by atoms with E-state index in [1.807, 2.05) is 13.8 Å². The van der Waals surface area contributed by atoms with Gasteiger partial charge in [0.1, 0.15) is 5.54 Å². The minimum Gasteiger partial charge on any atom is -0.464 e. The molecule has 1 aromatic rings. The van der Waals surface area contributed by atoms with E-state index in [4.69, 9.17) is 4.74 Å². The average molecular weight is 275 g/mol. The normalized spacial score (nSPS) is 17.6. The van der Waals surface area contributed by atoms with Crippen LogP contribution in [-0.2, 0) is 21.5 Å². The van der Waals surface area contributed by atoms with Crippen LogP contribution in [0.2, 0.25) is 0 Å². The Bertz CT molecular complexity index is 451. The molecule has 3 nitrogen and oxygen atoms in total. The van der Waals surface area contributed by atoms with Crippen molar-refractivity contribution >= 4 is 5.97 Å². The third kappa shape index (κ3) is 3.40. The summed E-state index contributed by atoms with van der Waals surface area (Å²) in [7, 11) is 0. The van der Waals surface area contributed by atoms with E-state index in [0.29, 0.717) is 12.6 Å². The van der Waals surface area contributed by atoms with Crippen LogP contribution >= 0.6 is 0 Å². The first kappa shape index (κ1) is 15.0. The molecular formula is C17H25NO2. The molecule has 0 spiro atoms. The van der Waals surface area contributed by atoms with Gasteiger partial charge in [-0.2, -0.15) is 0 Å². The first-order valence-electron chi connectivity index (χ1n) is 7.64. The summed E-state index contributed by atoms with van der Waals surface area (Å²) in [6.07, 6.45) is 4.49. The third-order valence-electron chi connectivity index (χ3n) is 3.82. The van der Waals surface area contributed by atoms with E-state index in [2.05, 4.69) is 36.5 Å². The summed E-state index contributed by atoms with van der Waals surface area (Å²) in [4.78, 5) is 12.4. The highest BCUT2D eigenvalue weighted by atomic mass is 16.5. The predicted octanol–water partition coefficient (Wildman–Crippen LogP) is 3.17. The Labute approximate surface area is 121 Å². The van der Waals surface area contributed by atoms with Crippen molar-refractivity contribution in [3.8, 4) is 0 Å². The molecule has 1 fully saturated rings. The van der Waals surface area contributed by atoms with E-state index in [1.165, 1.54) is 5.56 Å². The molecule has 20 heavy (non-hydrogen) atoms. The minimum atomic E-state index is -0.734. The SMILES string of the molecule is CCCc1ccc(C(C)(NC2CC2)C(=O)OCC)cc1. The van der Waals surface area contributed by atoms with E-state index in [0.717, 1.165) is 31.2 Å². The van der Waals surface area contributed by atoms with Gasteiger partial charge in [-0.3, -0.25) is 5.32 Å². The monoisotopic (exact) mass is 275 g/mol. The van der Waals surface area contributed by atoms with Crippen molar-refractivity contribution in [3.05, 3.63) is 35.4 Å². The van der Waals surface area contributed by atoms with Gasteiger partial charge >= 0.3 is 5.97 Å². The lowest BCUT2D eigenvalue weighted by atomic mass is 9.90. The Kier molecular flexibility index (Phi) is 4.81. The fraction of sp³-hybridized carbons (Fsp3) is 0.588. The van der Waals surface area contributed by atoms with Crippen molar-refractivity contribution in [1.82, 2.24) is 5.32 Å². The second-order valence-electron chi connectivity index (χ2n) is 5.71. The van der Waals surface area contributed by atoms with E-state index in [-0.39, 0.29) is 5.97 Å². The van der Waals surface area contributed by atoms with Gasteiger partial charge in [-0.05, 0) is 44.2 Å². The Morgan fingerprint density at radius 2 is 1.95 bits per heavy atom. The summed E-state index contributed by atoms with van der Waals surface area (Å²) in [5.41, 5.74) is 1.57. The zero-order valence-corrected chi connectivity index (χ0v) is 12.7. The lowest BCUT2D eigenvalue weighted by Gasteiger charge is -2.29. The van der Waals surface area contributed by atoms with E-state index < -0.39 is 5.54 Å². The summed E-state index contributed by atoms with van der Waals surface area (Å²) in [5, 5.41) is 3.45. The minimum absolute atomic E-state index is 0.185. The molecule has 0 aliphatic heterocycles. The van der Waals surface area contributed by atoms with Crippen molar-refractivity contribution in [2.24, 2.45) is 0 Å². The molecule has 1 aliphatic carbocycles. The van der Waals surface area contributed by atoms with E-state index in [9.17, 15) is 4.79 Å². The third-order valence-corrected chi connectivity index (χ3v) is 3.82. The molecule has 0 amide bonds. The number of rotatable bonds is 7. The highest BCUT2D eigenvalue weighted by molar-refractivity contribution is 5.82. The van der Waals surface area contributed by atoms with Gasteiger partial charge < -0.3 is 4.74 Å².